The lowest BCUT2D eigenvalue weighted by Gasteiger charge is -2.23. The predicted molar refractivity (Wildman–Crippen MR) is 71.5 cm³/mol. The molecule has 1 aromatic rings. The van der Waals surface area contributed by atoms with Gasteiger partial charge in [-0.2, -0.15) is 0 Å². The normalized spacial score (nSPS) is 24.3. The van der Waals surface area contributed by atoms with Crippen molar-refractivity contribution in [3.05, 3.63) is 18.7 Å². The quantitative estimate of drug-likeness (QED) is 0.783. The number of carbonyl (C=O) groups excluding carboxylic acids is 1. The Labute approximate surface area is 113 Å². The summed E-state index contributed by atoms with van der Waals surface area (Å²) >= 11 is 0. The van der Waals surface area contributed by atoms with Crippen LogP contribution in [-0.2, 0) is 9.53 Å². The van der Waals surface area contributed by atoms with E-state index in [1.807, 2.05) is 12.5 Å². The fourth-order valence-electron chi connectivity index (χ4n) is 2.67. The lowest BCUT2D eigenvalue weighted by molar-refractivity contribution is -0.124. The van der Waals surface area contributed by atoms with Gasteiger partial charge in [0.2, 0.25) is 5.91 Å². The van der Waals surface area contributed by atoms with Gasteiger partial charge >= 0.3 is 0 Å². The first kappa shape index (κ1) is 14.0. The number of hydrogen-bond donors (Lipinski definition) is 2. The van der Waals surface area contributed by atoms with E-state index in [2.05, 4.69) is 14.9 Å². The summed E-state index contributed by atoms with van der Waals surface area (Å²) in [5.74, 6) is 0.00863. The third-order valence-electron chi connectivity index (χ3n) is 3.74. The van der Waals surface area contributed by atoms with Gasteiger partial charge in [0.05, 0.1) is 24.9 Å². The summed E-state index contributed by atoms with van der Waals surface area (Å²) in [6.45, 7) is 0.361. The van der Waals surface area contributed by atoms with E-state index in [1.165, 1.54) is 0 Å². The Hall–Kier alpha value is -1.40. The highest BCUT2D eigenvalue weighted by atomic mass is 16.5. The molecule has 1 fully saturated rings. The lowest BCUT2D eigenvalue weighted by atomic mass is 10.1. The van der Waals surface area contributed by atoms with E-state index in [4.69, 9.17) is 10.5 Å². The number of imidazole rings is 1. The maximum Gasteiger partial charge on any atom is 0.222 e. The zero-order valence-electron chi connectivity index (χ0n) is 11.3. The second kappa shape index (κ2) is 6.68. The standard InChI is InChI=1S/C13H22N4O2/c1-19-10(8-14)7-13(18)16-11-3-2-4-12(11)17-6-5-15-9-17/h5-6,9-12H,2-4,7-8,14H2,1H3,(H,16,18). The molecular weight excluding hydrogens is 244 g/mol. The molecule has 0 bridgehead atoms. The number of nitrogens with zero attached hydrogens (tertiary/aromatic N) is 2. The molecule has 1 heterocycles. The van der Waals surface area contributed by atoms with Crippen LogP contribution in [0.4, 0.5) is 0 Å². The van der Waals surface area contributed by atoms with Crippen molar-refractivity contribution < 1.29 is 9.53 Å². The molecular formula is C13H22N4O2. The van der Waals surface area contributed by atoms with Crippen molar-refractivity contribution in [2.75, 3.05) is 13.7 Å². The molecule has 6 heteroatoms. The Kier molecular flexibility index (Phi) is 4.93. The first-order valence-electron chi connectivity index (χ1n) is 6.74. The lowest BCUT2D eigenvalue weighted by Crippen LogP contribution is -2.40. The number of ether oxygens (including phenoxy) is 1. The van der Waals surface area contributed by atoms with Crippen molar-refractivity contribution in [2.45, 2.75) is 43.9 Å². The van der Waals surface area contributed by atoms with Crippen molar-refractivity contribution in [1.82, 2.24) is 14.9 Å². The third kappa shape index (κ3) is 3.54. The van der Waals surface area contributed by atoms with Crippen LogP contribution in [0, 0.1) is 0 Å². The Bertz CT molecular complexity index is 389. The SMILES string of the molecule is COC(CN)CC(=O)NC1CCCC1n1ccnc1. The van der Waals surface area contributed by atoms with E-state index < -0.39 is 0 Å². The van der Waals surface area contributed by atoms with Gasteiger partial charge in [-0.05, 0) is 19.3 Å². The van der Waals surface area contributed by atoms with Gasteiger partial charge in [0.1, 0.15) is 0 Å². The molecule has 6 nitrogen and oxygen atoms in total. The fraction of sp³-hybridized carbons (Fsp3) is 0.692. The topological polar surface area (TPSA) is 82.2 Å². The van der Waals surface area contributed by atoms with E-state index in [1.54, 1.807) is 13.3 Å². The Morgan fingerprint density at radius 1 is 1.63 bits per heavy atom. The highest BCUT2D eigenvalue weighted by Crippen LogP contribution is 2.29. The van der Waals surface area contributed by atoms with E-state index in [-0.39, 0.29) is 18.1 Å². The van der Waals surface area contributed by atoms with Crippen molar-refractivity contribution in [3.63, 3.8) is 0 Å². The summed E-state index contributed by atoms with van der Waals surface area (Å²) in [7, 11) is 1.58. The van der Waals surface area contributed by atoms with Crippen molar-refractivity contribution in [2.24, 2.45) is 5.73 Å². The summed E-state index contributed by atoms with van der Waals surface area (Å²) in [5.41, 5.74) is 5.53. The van der Waals surface area contributed by atoms with E-state index in [0.717, 1.165) is 19.3 Å². The van der Waals surface area contributed by atoms with E-state index in [0.29, 0.717) is 19.0 Å². The number of aromatic nitrogens is 2. The van der Waals surface area contributed by atoms with Crippen LogP contribution in [0.2, 0.25) is 0 Å². The molecule has 1 aromatic heterocycles. The number of nitrogens with two attached hydrogens (primary N) is 1. The van der Waals surface area contributed by atoms with Crippen molar-refractivity contribution in [3.8, 4) is 0 Å². The molecule has 0 aliphatic heterocycles. The number of nitrogens with one attached hydrogen (secondary N) is 1. The molecule has 2 rings (SSSR count). The highest BCUT2D eigenvalue weighted by molar-refractivity contribution is 5.76. The maximum atomic E-state index is 12.0. The first-order valence-corrected chi connectivity index (χ1v) is 6.74. The molecule has 1 aliphatic rings. The summed E-state index contributed by atoms with van der Waals surface area (Å²) in [5, 5.41) is 3.09. The summed E-state index contributed by atoms with van der Waals surface area (Å²) in [6, 6.07) is 0.488. The molecule has 1 aliphatic carbocycles. The molecule has 3 unspecified atom stereocenters. The number of carbonyl (C=O) groups is 1. The van der Waals surface area contributed by atoms with Gasteiger partial charge in [0.25, 0.3) is 0 Å². The predicted octanol–water partition coefficient (Wildman–Crippen LogP) is 0.457. The van der Waals surface area contributed by atoms with Crippen molar-refractivity contribution >= 4 is 5.91 Å². The van der Waals surface area contributed by atoms with Gasteiger partial charge in [-0.1, -0.05) is 0 Å². The minimum Gasteiger partial charge on any atom is -0.380 e. The molecule has 106 valence electrons. The Morgan fingerprint density at radius 3 is 3.11 bits per heavy atom. The average molecular weight is 266 g/mol. The van der Waals surface area contributed by atoms with Crippen LogP contribution in [-0.4, -0.2) is 41.3 Å². The summed E-state index contributed by atoms with van der Waals surface area (Å²) < 4.78 is 7.21. The highest BCUT2D eigenvalue weighted by Gasteiger charge is 2.29. The second-order valence-electron chi connectivity index (χ2n) is 4.98. The van der Waals surface area contributed by atoms with Crippen LogP contribution in [0.15, 0.2) is 18.7 Å². The van der Waals surface area contributed by atoms with Crippen LogP contribution < -0.4 is 11.1 Å². The van der Waals surface area contributed by atoms with Crippen LogP contribution >= 0.6 is 0 Å². The molecule has 1 amide bonds. The fourth-order valence-corrected chi connectivity index (χ4v) is 2.67. The van der Waals surface area contributed by atoms with Crippen LogP contribution in [0.5, 0.6) is 0 Å². The van der Waals surface area contributed by atoms with Gasteiger partial charge in [-0.3, -0.25) is 4.79 Å². The molecule has 3 N–H and O–H groups in total. The number of rotatable bonds is 6. The van der Waals surface area contributed by atoms with Crippen LogP contribution in [0.3, 0.4) is 0 Å². The Balaban J connectivity index is 1.89. The van der Waals surface area contributed by atoms with Crippen LogP contribution in [0.25, 0.3) is 0 Å². The number of methoxy groups -OCH3 is 1. The summed E-state index contributed by atoms with van der Waals surface area (Å²) in [4.78, 5) is 16.0. The molecule has 3 atom stereocenters. The zero-order chi connectivity index (χ0) is 13.7. The third-order valence-corrected chi connectivity index (χ3v) is 3.74. The molecule has 19 heavy (non-hydrogen) atoms. The molecule has 1 saturated carbocycles. The zero-order valence-corrected chi connectivity index (χ0v) is 11.3. The van der Waals surface area contributed by atoms with Gasteiger partial charge in [-0.25, -0.2) is 4.98 Å². The molecule has 0 spiro atoms. The molecule has 0 aromatic carbocycles. The Morgan fingerprint density at radius 2 is 2.47 bits per heavy atom. The smallest absolute Gasteiger partial charge is 0.222 e. The van der Waals surface area contributed by atoms with Gasteiger partial charge in [0.15, 0.2) is 0 Å². The minimum atomic E-state index is -0.201. The summed E-state index contributed by atoms with van der Waals surface area (Å²) in [6.07, 6.45) is 8.86. The van der Waals surface area contributed by atoms with E-state index in [9.17, 15) is 4.79 Å². The van der Waals surface area contributed by atoms with Crippen LogP contribution in [0.1, 0.15) is 31.7 Å². The number of amides is 1. The largest absolute Gasteiger partial charge is 0.380 e. The molecule has 0 saturated heterocycles. The first-order chi connectivity index (χ1) is 9.24. The minimum absolute atomic E-state index is 0.00863. The van der Waals surface area contributed by atoms with E-state index >= 15 is 0 Å². The average Bonchev–Trinajstić information content (AvgIpc) is 3.05. The second-order valence-corrected chi connectivity index (χ2v) is 4.98. The number of hydrogen-bond acceptors (Lipinski definition) is 4. The maximum absolute atomic E-state index is 12.0. The molecule has 0 radical (unpaired) electrons. The van der Waals surface area contributed by atoms with Gasteiger partial charge in [-0.15, -0.1) is 0 Å². The monoisotopic (exact) mass is 266 g/mol. The van der Waals surface area contributed by atoms with Crippen molar-refractivity contribution in [1.29, 1.82) is 0 Å². The van der Waals surface area contributed by atoms with Gasteiger partial charge < -0.3 is 20.4 Å². The van der Waals surface area contributed by atoms with Gasteiger partial charge in [0, 0.05) is 32.1 Å².